The van der Waals surface area contributed by atoms with Crippen molar-refractivity contribution in [2.75, 3.05) is 13.6 Å². The topological polar surface area (TPSA) is 115 Å². The van der Waals surface area contributed by atoms with Crippen molar-refractivity contribution >= 4 is 21.9 Å². The second-order valence-corrected chi connectivity index (χ2v) is 10.8. The highest BCUT2D eigenvalue weighted by Gasteiger charge is 2.27. The summed E-state index contributed by atoms with van der Waals surface area (Å²) in [5.74, 6) is 0.662. The van der Waals surface area contributed by atoms with E-state index in [4.69, 9.17) is 10.4 Å². The Morgan fingerprint density at radius 1 is 1.13 bits per heavy atom. The van der Waals surface area contributed by atoms with E-state index in [1.807, 2.05) is 29.2 Å². The van der Waals surface area contributed by atoms with Crippen LogP contribution in [0.5, 0.6) is 0 Å². The summed E-state index contributed by atoms with van der Waals surface area (Å²) >= 11 is 0. The number of amidine groups is 1. The third-order valence-corrected chi connectivity index (χ3v) is 7.97. The molecule has 4 aromatic rings. The maximum atomic E-state index is 13.7. The molecule has 5 rings (SSSR count). The van der Waals surface area contributed by atoms with Crippen molar-refractivity contribution in [2.45, 2.75) is 23.8 Å². The van der Waals surface area contributed by atoms with Crippen molar-refractivity contribution < 1.29 is 12.8 Å². The first kappa shape index (κ1) is 25.5. The summed E-state index contributed by atoms with van der Waals surface area (Å²) in [4.78, 5) is 14.5. The first-order valence-corrected chi connectivity index (χ1v) is 13.7. The molecule has 0 aliphatic carbocycles. The number of imidazole rings is 1. The van der Waals surface area contributed by atoms with Crippen LogP contribution < -0.4 is 4.72 Å². The van der Waals surface area contributed by atoms with Gasteiger partial charge in [-0.3, -0.25) is 5.41 Å². The van der Waals surface area contributed by atoms with E-state index in [0.29, 0.717) is 28.7 Å². The lowest BCUT2D eigenvalue weighted by atomic mass is 10.0. The summed E-state index contributed by atoms with van der Waals surface area (Å²) in [7, 11) is -2.13. The van der Waals surface area contributed by atoms with E-state index in [-0.39, 0.29) is 16.8 Å². The number of hydrogen-bond donors (Lipinski definition) is 3. The predicted molar refractivity (Wildman–Crippen MR) is 145 cm³/mol. The Labute approximate surface area is 220 Å². The Hall–Kier alpha value is -4.15. The molecule has 0 unspecified atom stereocenters. The summed E-state index contributed by atoms with van der Waals surface area (Å²) in [5.41, 5.74) is 3.76. The van der Waals surface area contributed by atoms with Crippen molar-refractivity contribution in [2.24, 2.45) is 0 Å². The van der Waals surface area contributed by atoms with Crippen LogP contribution in [0.2, 0.25) is 0 Å². The van der Waals surface area contributed by atoms with E-state index < -0.39 is 10.0 Å². The maximum Gasteiger partial charge on any atom is 0.240 e. The van der Waals surface area contributed by atoms with E-state index in [9.17, 15) is 12.8 Å². The highest BCUT2D eigenvalue weighted by atomic mass is 32.2. The molecule has 1 saturated heterocycles. The molecule has 0 bridgehead atoms. The molecule has 1 aliphatic rings. The van der Waals surface area contributed by atoms with Crippen LogP contribution in [-0.2, 0) is 10.0 Å². The van der Waals surface area contributed by atoms with Gasteiger partial charge < -0.3 is 9.88 Å². The zero-order valence-electron chi connectivity index (χ0n) is 20.7. The number of aromatic amines is 1. The number of rotatable bonds is 7. The van der Waals surface area contributed by atoms with Crippen LogP contribution in [0.15, 0.2) is 83.9 Å². The molecule has 1 aliphatic heterocycles. The molecule has 3 N–H and O–H groups in total. The van der Waals surface area contributed by atoms with Crippen molar-refractivity contribution in [3.05, 3.63) is 96.2 Å². The molecule has 8 nitrogen and oxygen atoms in total. The van der Waals surface area contributed by atoms with Crippen LogP contribution in [0.1, 0.15) is 30.3 Å². The molecule has 1 fully saturated rings. The van der Waals surface area contributed by atoms with Gasteiger partial charge in [-0.05, 0) is 74.0 Å². The average Bonchev–Trinajstić information content (AvgIpc) is 3.62. The summed E-state index contributed by atoms with van der Waals surface area (Å²) in [6, 6.07) is 18.7. The van der Waals surface area contributed by atoms with Crippen molar-refractivity contribution in [3.8, 4) is 22.6 Å². The van der Waals surface area contributed by atoms with Crippen LogP contribution >= 0.6 is 0 Å². The van der Waals surface area contributed by atoms with Crippen molar-refractivity contribution in [1.82, 2.24) is 24.6 Å². The third-order valence-electron chi connectivity index (χ3n) is 6.54. The van der Waals surface area contributed by atoms with Gasteiger partial charge in [0, 0.05) is 12.1 Å². The Morgan fingerprint density at radius 3 is 2.66 bits per heavy atom. The molecule has 10 heteroatoms. The average molecular weight is 531 g/mol. The van der Waals surface area contributed by atoms with Gasteiger partial charge in [0.25, 0.3) is 0 Å². The van der Waals surface area contributed by atoms with E-state index in [2.05, 4.69) is 14.7 Å². The monoisotopic (exact) mass is 530 g/mol. The molecule has 0 amide bonds. The lowest BCUT2D eigenvalue weighted by Gasteiger charge is -2.26. The van der Waals surface area contributed by atoms with Gasteiger partial charge in [-0.2, -0.15) is 0 Å². The zero-order chi connectivity index (χ0) is 26.7. The Morgan fingerprint density at radius 2 is 1.89 bits per heavy atom. The Kier molecular flexibility index (Phi) is 7.17. The number of pyridine rings is 1. The third kappa shape index (κ3) is 5.41. The van der Waals surface area contributed by atoms with Crippen molar-refractivity contribution in [3.63, 3.8) is 0 Å². The minimum atomic E-state index is -3.51. The van der Waals surface area contributed by atoms with Crippen LogP contribution in [0.4, 0.5) is 4.39 Å². The standard InChI is InChI=1S/C28H27FN6O2S/c1-31-38(36,37)22-12-10-19(11-13-22)23-7-3-8-24(33-23)25-18-32-28(34-25)15-14-27(30)35-16-4-9-26(35)20-5-2-6-21(29)17-20/h2-3,5-8,10-15,17-18,26,30-31H,4,9,16H2,1H3,(H,32,34)/t26-/m1/s1. The minimum absolute atomic E-state index is 0.0191. The molecule has 2 aromatic heterocycles. The number of benzene rings is 2. The zero-order valence-corrected chi connectivity index (χ0v) is 21.5. The number of hydrogen-bond acceptors (Lipinski definition) is 5. The van der Waals surface area contributed by atoms with Gasteiger partial charge >= 0.3 is 0 Å². The summed E-state index contributed by atoms with van der Waals surface area (Å²) < 4.78 is 40.0. The predicted octanol–water partition coefficient (Wildman–Crippen LogP) is 5.01. The summed E-state index contributed by atoms with van der Waals surface area (Å²) in [6.45, 7) is 0.742. The minimum Gasteiger partial charge on any atom is -0.350 e. The molecular formula is C28H27FN6O2S. The largest absolute Gasteiger partial charge is 0.350 e. The van der Waals surface area contributed by atoms with Crippen LogP contribution in [0.3, 0.4) is 0 Å². The summed E-state index contributed by atoms with van der Waals surface area (Å²) in [5, 5.41) is 8.58. The van der Waals surface area contributed by atoms with Crippen LogP contribution in [0.25, 0.3) is 28.7 Å². The highest BCUT2D eigenvalue weighted by molar-refractivity contribution is 7.89. The first-order valence-electron chi connectivity index (χ1n) is 12.2. The molecule has 3 heterocycles. The fraction of sp³-hybridized carbons (Fsp3) is 0.179. The van der Waals surface area contributed by atoms with Crippen LogP contribution in [-0.4, -0.2) is 47.7 Å². The van der Waals surface area contributed by atoms with Gasteiger partial charge in [0.05, 0.1) is 34.2 Å². The van der Waals surface area contributed by atoms with Gasteiger partial charge in [0.1, 0.15) is 17.5 Å². The molecule has 2 aromatic carbocycles. The van der Waals surface area contributed by atoms with Crippen molar-refractivity contribution in [1.29, 1.82) is 5.41 Å². The summed E-state index contributed by atoms with van der Waals surface area (Å²) in [6.07, 6.45) is 6.95. The maximum absolute atomic E-state index is 13.7. The Bertz CT molecular complexity index is 1600. The van der Waals surface area contributed by atoms with Gasteiger partial charge in [-0.25, -0.2) is 27.5 Å². The number of halogens is 1. The SMILES string of the molecule is CNS(=O)(=O)c1ccc(-c2cccc(-c3cnc(C=CC(=N)N4CCC[C@@H]4c4cccc(F)c4)[nH]3)n2)cc1. The first-order chi connectivity index (χ1) is 18.3. The fourth-order valence-electron chi connectivity index (χ4n) is 4.59. The number of nitrogens with zero attached hydrogens (tertiary/aromatic N) is 3. The highest BCUT2D eigenvalue weighted by Crippen LogP contribution is 2.32. The van der Waals surface area contributed by atoms with E-state index >= 15 is 0 Å². The molecule has 1 atom stereocenters. The number of likely N-dealkylation sites (tertiary alicyclic amines) is 1. The molecule has 0 radical (unpaired) electrons. The lowest BCUT2D eigenvalue weighted by Crippen LogP contribution is -2.28. The van der Waals surface area contributed by atoms with Gasteiger partial charge in [-0.1, -0.05) is 30.3 Å². The van der Waals surface area contributed by atoms with E-state index in [0.717, 1.165) is 30.5 Å². The van der Waals surface area contributed by atoms with Gasteiger partial charge in [0.15, 0.2) is 0 Å². The number of nitrogens with one attached hydrogen (secondary N) is 3. The van der Waals surface area contributed by atoms with E-state index in [1.165, 1.54) is 13.1 Å². The second-order valence-electron chi connectivity index (χ2n) is 8.95. The number of sulfonamides is 1. The molecular weight excluding hydrogens is 503 g/mol. The smallest absolute Gasteiger partial charge is 0.240 e. The van der Waals surface area contributed by atoms with Crippen LogP contribution in [0, 0.1) is 11.2 Å². The molecule has 0 spiro atoms. The fourth-order valence-corrected chi connectivity index (χ4v) is 5.32. The number of aromatic nitrogens is 3. The molecule has 38 heavy (non-hydrogen) atoms. The molecule has 194 valence electrons. The quantitative estimate of drug-likeness (QED) is 0.229. The second kappa shape index (κ2) is 10.7. The lowest BCUT2D eigenvalue weighted by molar-refractivity contribution is 0.399. The Balaban J connectivity index is 1.30. The van der Waals surface area contributed by atoms with Gasteiger partial charge in [-0.15, -0.1) is 0 Å². The normalized spacial score (nSPS) is 15.8. The van der Waals surface area contributed by atoms with Gasteiger partial charge in [0.2, 0.25) is 10.0 Å². The number of H-pyrrole nitrogens is 1. The van der Waals surface area contributed by atoms with E-state index in [1.54, 1.807) is 54.7 Å². The molecule has 0 saturated carbocycles.